The van der Waals surface area contributed by atoms with E-state index in [2.05, 4.69) is 0 Å². The minimum atomic E-state index is -1.58. The van der Waals surface area contributed by atoms with E-state index in [-0.39, 0.29) is 19.6 Å². The molecule has 2 aliphatic rings. The average Bonchev–Trinajstić information content (AvgIpc) is 2.86. The number of aliphatic hydroxyl groups is 8. The number of ether oxygens (including phenoxy) is 4. The van der Waals surface area contributed by atoms with E-state index in [4.69, 9.17) is 18.9 Å². The Morgan fingerprint density at radius 2 is 1.59 bits per heavy atom. The molecule has 10 atom stereocenters. The van der Waals surface area contributed by atoms with Gasteiger partial charge in [0.05, 0.1) is 32.5 Å². The Hall–Kier alpha value is -1.58. The maximum absolute atomic E-state index is 10.7. The van der Waals surface area contributed by atoms with E-state index in [9.17, 15) is 40.9 Å². The fraction of sp³-hybridized carbons (Fsp3) is 0.727. The van der Waals surface area contributed by atoms with Crippen LogP contribution in [0.3, 0.4) is 0 Å². The Morgan fingerprint density at radius 1 is 0.853 bits per heavy atom. The van der Waals surface area contributed by atoms with Crippen molar-refractivity contribution in [1.29, 1.82) is 0 Å². The highest BCUT2D eigenvalue weighted by atomic mass is 16.6. The summed E-state index contributed by atoms with van der Waals surface area (Å²) in [5, 5.41) is 80.2. The lowest BCUT2D eigenvalue weighted by Crippen LogP contribution is -2.63. The second-order valence-corrected chi connectivity index (χ2v) is 8.62. The molecule has 12 nitrogen and oxygen atoms in total. The molecule has 8 N–H and O–H groups in total. The van der Waals surface area contributed by atoms with Crippen LogP contribution in [0.2, 0.25) is 0 Å². The number of hydrogen-bond acceptors (Lipinski definition) is 12. The van der Waals surface area contributed by atoms with Gasteiger partial charge in [0.2, 0.25) is 0 Å². The van der Waals surface area contributed by atoms with Crippen molar-refractivity contribution in [3.8, 4) is 11.5 Å². The minimum absolute atomic E-state index is 0.0243. The molecular formula is C22H34O12. The smallest absolute Gasteiger partial charge is 0.161 e. The summed E-state index contributed by atoms with van der Waals surface area (Å²) < 4.78 is 22.4. The van der Waals surface area contributed by atoms with Crippen molar-refractivity contribution >= 4 is 0 Å². The largest absolute Gasteiger partial charge is 0.493 e. The molecule has 0 aromatic heterocycles. The lowest BCUT2D eigenvalue weighted by Gasteiger charge is -2.46. The van der Waals surface area contributed by atoms with Crippen LogP contribution in [0, 0.1) is 5.92 Å². The first-order valence-corrected chi connectivity index (χ1v) is 11.1. The van der Waals surface area contributed by atoms with Crippen LogP contribution in [0.4, 0.5) is 0 Å². The zero-order valence-electron chi connectivity index (χ0n) is 18.8. The third-order valence-electron chi connectivity index (χ3n) is 6.44. The van der Waals surface area contributed by atoms with Crippen LogP contribution in [0.5, 0.6) is 11.5 Å². The third-order valence-corrected chi connectivity index (χ3v) is 6.44. The van der Waals surface area contributed by atoms with Gasteiger partial charge < -0.3 is 59.8 Å². The second kappa shape index (κ2) is 11.9. The molecule has 1 saturated heterocycles. The fourth-order valence-electron chi connectivity index (χ4n) is 4.37. The van der Waals surface area contributed by atoms with Gasteiger partial charge in [-0.3, -0.25) is 0 Å². The van der Waals surface area contributed by atoms with Crippen molar-refractivity contribution in [3.63, 3.8) is 0 Å². The van der Waals surface area contributed by atoms with E-state index in [0.29, 0.717) is 17.1 Å². The highest BCUT2D eigenvalue weighted by Crippen LogP contribution is 2.33. The van der Waals surface area contributed by atoms with E-state index in [0.717, 1.165) is 0 Å². The number of methoxy groups -OCH3 is 1. The summed E-state index contributed by atoms with van der Waals surface area (Å²) >= 11 is 0. The summed E-state index contributed by atoms with van der Waals surface area (Å²) in [5.74, 6) is -0.101. The normalized spacial score (nSPS) is 38.5. The predicted molar refractivity (Wildman–Crippen MR) is 114 cm³/mol. The zero-order chi connectivity index (χ0) is 25.0. The molecule has 0 bridgehead atoms. The zero-order valence-corrected chi connectivity index (χ0v) is 18.8. The molecule has 1 heterocycles. The van der Waals surface area contributed by atoms with Gasteiger partial charge in [0.25, 0.3) is 0 Å². The first kappa shape index (κ1) is 27.0. The van der Waals surface area contributed by atoms with E-state index in [1.165, 1.54) is 7.11 Å². The van der Waals surface area contributed by atoms with Gasteiger partial charge in [-0.2, -0.15) is 0 Å². The molecule has 12 heteroatoms. The molecule has 1 saturated carbocycles. The predicted octanol–water partition coefficient (Wildman–Crippen LogP) is -3.10. The molecule has 3 rings (SSSR count). The van der Waals surface area contributed by atoms with Crippen LogP contribution in [-0.2, 0) is 16.1 Å². The monoisotopic (exact) mass is 490 g/mol. The first-order valence-electron chi connectivity index (χ1n) is 11.1. The summed E-state index contributed by atoms with van der Waals surface area (Å²) in [7, 11) is 1.43. The van der Waals surface area contributed by atoms with E-state index >= 15 is 0 Å². The molecule has 0 spiro atoms. The van der Waals surface area contributed by atoms with Gasteiger partial charge in [-0.1, -0.05) is 6.07 Å². The highest BCUT2D eigenvalue weighted by molar-refractivity contribution is 5.42. The lowest BCUT2D eigenvalue weighted by atomic mass is 9.81. The number of aliphatic hydroxyl groups excluding tert-OH is 8. The van der Waals surface area contributed by atoms with Crippen molar-refractivity contribution in [2.75, 3.05) is 26.9 Å². The molecule has 34 heavy (non-hydrogen) atoms. The lowest BCUT2D eigenvalue weighted by molar-refractivity contribution is -0.275. The minimum Gasteiger partial charge on any atom is -0.493 e. The molecule has 1 aromatic carbocycles. The number of benzene rings is 1. The van der Waals surface area contributed by atoms with Crippen molar-refractivity contribution in [2.45, 2.75) is 68.0 Å². The molecule has 1 aliphatic carbocycles. The van der Waals surface area contributed by atoms with Crippen molar-refractivity contribution in [3.05, 3.63) is 23.8 Å². The summed E-state index contributed by atoms with van der Waals surface area (Å²) in [6.07, 6.45) is -12.0. The van der Waals surface area contributed by atoms with Crippen LogP contribution < -0.4 is 9.47 Å². The Morgan fingerprint density at radius 3 is 2.21 bits per heavy atom. The van der Waals surface area contributed by atoms with Crippen LogP contribution in [0.25, 0.3) is 0 Å². The van der Waals surface area contributed by atoms with Gasteiger partial charge in [0.1, 0.15) is 49.3 Å². The van der Waals surface area contributed by atoms with E-state index < -0.39 is 74.1 Å². The number of rotatable bonds is 9. The van der Waals surface area contributed by atoms with Crippen molar-refractivity contribution in [2.24, 2.45) is 5.92 Å². The van der Waals surface area contributed by atoms with E-state index in [1.807, 2.05) is 0 Å². The van der Waals surface area contributed by atoms with Gasteiger partial charge in [0, 0.05) is 12.5 Å². The van der Waals surface area contributed by atoms with Crippen LogP contribution in [0.15, 0.2) is 18.2 Å². The first-order chi connectivity index (χ1) is 16.2. The van der Waals surface area contributed by atoms with Crippen LogP contribution in [-0.4, -0.2) is 123 Å². The Kier molecular flexibility index (Phi) is 9.46. The second-order valence-electron chi connectivity index (χ2n) is 8.62. The summed E-state index contributed by atoms with van der Waals surface area (Å²) in [4.78, 5) is 0. The maximum atomic E-state index is 10.7. The standard InChI is InChI=1S/C22H34O12/c1-31-13-4-10(6-23)2-3-12(13)32-9-16-19(28)21(30)22(15(8-25)33-16)34-14-5-11(7-24)17(26)20(29)18(14)27/h2-4,11,14-30H,5-9H2,1H3. The Labute approximate surface area is 196 Å². The maximum Gasteiger partial charge on any atom is 0.161 e. The summed E-state index contributed by atoms with van der Waals surface area (Å²) in [6, 6.07) is 4.79. The number of hydrogen-bond donors (Lipinski definition) is 8. The molecule has 1 aliphatic heterocycles. The van der Waals surface area contributed by atoms with E-state index in [1.54, 1.807) is 18.2 Å². The molecular weight excluding hydrogens is 456 g/mol. The van der Waals surface area contributed by atoms with Crippen LogP contribution in [0.1, 0.15) is 12.0 Å². The van der Waals surface area contributed by atoms with Crippen molar-refractivity contribution in [1.82, 2.24) is 0 Å². The molecule has 10 unspecified atom stereocenters. The molecule has 194 valence electrons. The van der Waals surface area contributed by atoms with Gasteiger partial charge in [0.15, 0.2) is 11.5 Å². The van der Waals surface area contributed by atoms with Gasteiger partial charge in [-0.15, -0.1) is 0 Å². The Balaban J connectivity index is 1.67. The van der Waals surface area contributed by atoms with Gasteiger partial charge in [-0.25, -0.2) is 0 Å². The van der Waals surface area contributed by atoms with Crippen LogP contribution >= 0.6 is 0 Å². The average molecular weight is 491 g/mol. The fourth-order valence-corrected chi connectivity index (χ4v) is 4.37. The Bertz CT molecular complexity index is 774. The van der Waals surface area contributed by atoms with Gasteiger partial charge >= 0.3 is 0 Å². The summed E-state index contributed by atoms with van der Waals surface area (Å²) in [5.41, 5.74) is 0.611. The molecule has 1 aromatic rings. The highest BCUT2D eigenvalue weighted by Gasteiger charge is 2.49. The molecule has 0 radical (unpaired) electrons. The summed E-state index contributed by atoms with van der Waals surface area (Å²) in [6.45, 7) is -1.43. The quantitative estimate of drug-likeness (QED) is 0.174. The third kappa shape index (κ3) is 5.62. The topological polar surface area (TPSA) is 199 Å². The van der Waals surface area contributed by atoms with Gasteiger partial charge in [-0.05, 0) is 24.1 Å². The SMILES string of the molecule is COc1cc(CO)ccc1OCC1OC(CO)C(OC2CC(CO)C(O)C(O)C2O)C(O)C1O. The molecule has 0 amide bonds. The molecule has 2 fully saturated rings. The van der Waals surface area contributed by atoms with Crippen molar-refractivity contribution < 1.29 is 59.8 Å².